The summed E-state index contributed by atoms with van der Waals surface area (Å²) >= 11 is 7.64. The van der Waals surface area contributed by atoms with Gasteiger partial charge >= 0.3 is 0 Å². The molecule has 1 heterocycles. The highest BCUT2D eigenvalue weighted by molar-refractivity contribution is 7.15. The van der Waals surface area contributed by atoms with Gasteiger partial charge in [0.25, 0.3) is 5.91 Å². The van der Waals surface area contributed by atoms with Crippen LogP contribution in [0, 0.1) is 12.7 Å². The zero-order chi connectivity index (χ0) is 20.1. The third-order valence-electron chi connectivity index (χ3n) is 3.96. The molecule has 2 aromatic carbocycles. The molecule has 0 aliphatic carbocycles. The highest BCUT2D eigenvalue weighted by Gasteiger charge is 2.13. The summed E-state index contributed by atoms with van der Waals surface area (Å²) in [5, 5.41) is 6.15. The quantitative estimate of drug-likeness (QED) is 0.631. The fraction of sp³-hybridized carbons (Fsp3) is 0.150. The Kier molecular flexibility index (Phi) is 6.38. The number of hydrogen-bond acceptors (Lipinski definition) is 4. The first kappa shape index (κ1) is 20.0. The number of aryl methyl sites for hydroxylation is 1. The summed E-state index contributed by atoms with van der Waals surface area (Å²) < 4.78 is 13.6. The predicted octanol–water partition coefficient (Wildman–Crippen LogP) is 4.20. The fourth-order valence-corrected chi connectivity index (χ4v) is 3.59. The summed E-state index contributed by atoms with van der Waals surface area (Å²) in [6, 6.07) is 11.4. The smallest absolute Gasteiger partial charge is 0.254 e. The van der Waals surface area contributed by atoms with Crippen LogP contribution in [0.25, 0.3) is 0 Å². The molecule has 0 fully saturated rings. The molecular weight excluding hydrogens is 401 g/mol. The first-order valence-corrected chi connectivity index (χ1v) is 9.64. The normalized spacial score (nSPS) is 10.5. The maximum atomic E-state index is 13.6. The van der Waals surface area contributed by atoms with Gasteiger partial charge in [0.1, 0.15) is 5.82 Å². The second kappa shape index (κ2) is 8.95. The van der Waals surface area contributed by atoms with Gasteiger partial charge in [-0.15, -0.1) is 11.3 Å². The van der Waals surface area contributed by atoms with E-state index < -0.39 is 17.6 Å². The molecule has 0 saturated heterocycles. The lowest BCUT2D eigenvalue weighted by molar-refractivity contribution is -0.115. The molecule has 0 atom stereocenters. The number of nitrogens with one attached hydrogen (secondary N) is 2. The summed E-state index contributed by atoms with van der Waals surface area (Å²) in [5.41, 5.74) is 1.88. The molecule has 3 rings (SSSR count). The van der Waals surface area contributed by atoms with E-state index in [1.54, 1.807) is 12.3 Å². The maximum absolute atomic E-state index is 13.6. The fourth-order valence-electron chi connectivity index (χ4n) is 2.54. The van der Waals surface area contributed by atoms with Crippen molar-refractivity contribution < 1.29 is 14.0 Å². The van der Waals surface area contributed by atoms with Crippen molar-refractivity contribution in [1.82, 2.24) is 10.3 Å². The van der Waals surface area contributed by atoms with Crippen molar-refractivity contribution in [2.75, 3.05) is 11.9 Å². The Balaban J connectivity index is 1.55. The number of rotatable bonds is 6. The minimum atomic E-state index is -0.651. The van der Waals surface area contributed by atoms with Crippen molar-refractivity contribution in [1.29, 1.82) is 0 Å². The predicted molar refractivity (Wildman–Crippen MR) is 108 cm³/mol. The van der Waals surface area contributed by atoms with Crippen LogP contribution < -0.4 is 10.6 Å². The van der Waals surface area contributed by atoms with Crippen LogP contribution in [-0.2, 0) is 11.2 Å². The van der Waals surface area contributed by atoms with Crippen LogP contribution >= 0.6 is 22.9 Å². The Morgan fingerprint density at radius 3 is 2.75 bits per heavy atom. The second-order valence-corrected chi connectivity index (χ2v) is 7.56. The molecule has 8 heteroatoms. The Morgan fingerprint density at radius 2 is 1.96 bits per heavy atom. The number of anilines is 1. The molecule has 5 nitrogen and oxygen atoms in total. The van der Waals surface area contributed by atoms with Gasteiger partial charge in [-0.2, -0.15) is 0 Å². The van der Waals surface area contributed by atoms with Crippen molar-refractivity contribution in [3.05, 3.63) is 81.1 Å². The number of aromatic nitrogens is 1. The molecular formula is C20H17ClFN3O2S. The summed E-state index contributed by atoms with van der Waals surface area (Å²) in [6.07, 6.45) is 2.29. The van der Waals surface area contributed by atoms with Gasteiger partial charge < -0.3 is 10.6 Å². The van der Waals surface area contributed by atoms with Gasteiger partial charge in [0, 0.05) is 22.5 Å². The summed E-state index contributed by atoms with van der Waals surface area (Å²) in [5.74, 6) is -1.74. The molecule has 2 N–H and O–H groups in total. The van der Waals surface area contributed by atoms with E-state index in [-0.39, 0.29) is 12.1 Å². The van der Waals surface area contributed by atoms with Crippen LogP contribution in [0.4, 0.5) is 9.52 Å². The van der Waals surface area contributed by atoms with Gasteiger partial charge in [-0.05, 0) is 30.2 Å². The number of nitrogens with zero attached hydrogens (tertiary/aromatic N) is 1. The van der Waals surface area contributed by atoms with E-state index in [0.29, 0.717) is 11.6 Å². The van der Waals surface area contributed by atoms with Crippen LogP contribution in [0.3, 0.4) is 0 Å². The summed E-state index contributed by atoms with van der Waals surface area (Å²) in [7, 11) is 0. The van der Waals surface area contributed by atoms with E-state index in [4.69, 9.17) is 11.6 Å². The topological polar surface area (TPSA) is 71.1 Å². The molecule has 0 spiro atoms. The van der Waals surface area contributed by atoms with Gasteiger partial charge in [0.05, 0.1) is 12.1 Å². The lowest BCUT2D eigenvalue weighted by Crippen LogP contribution is -2.33. The van der Waals surface area contributed by atoms with Gasteiger partial charge in [0.2, 0.25) is 5.91 Å². The lowest BCUT2D eigenvalue weighted by Gasteiger charge is -2.06. The lowest BCUT2D eigenvalue weighted by atomic mass is 10.1. The van der Waals surface area contributed by atoms with Crippen LogP contribution in [0.2, 0.25) is 5.02 Å². The Hall–Kier alpha value is -2.77. The maximum Gasteiger partial charge on any atom is 0.254 e. The number of hydrogen-bond donors (Lipinski definition) is 2. The van der Waals surface area contributed by atoms with E-state index >= 15 is 0 Å². The van der Waals surface area contributed by atoms with Crippen molar-refractivity contribution in [3.63, 3.8) is 0 Å². The monoisotopic (exact) mass is 417 g/mol. The van der Waals surface area contributed by atoms with Crippen molar-refractivity contribution in [2.45, 2.75) is 13.3 Å². The van der Waals surface area contributed by atoms with Gasteiger partial charge in [-0.1, -0.05) is 41.9 Å². The second-order valence-electron chi connectivity index (χ2n) is 6.07. The van der Waals surface area contributed by atoms with Crippen LogP contribution in [0.5, 0.6) is 0 Å². The average molecular weight is 418 g/mol. The zero-order valence-electron chi connectivity index (χ0n) is 15.0. The molecule has 3 aromatic rings. The number of carbonyl (C=O) groups is 2. The van der Waals surface area contributed by atoms with E-state index in [2.05, 4.69) is 15.6 Å². The molecule has 28 heavy (non-hydrogen) atoms. The first-order chi connectivity index (χ1) is 13.4. The van der Waals surface area contributed by atoms with Gasteiger partial charge in [-0.3, -0.25) is 9.59 Å². The van der Waals surface area contributed by atoms with Gasteiger partial charge in [-0.25, -0.2) is 9.37 Å². The highest BCUT2D eigenvalue weighted by Crippen LogP contribution is 2.26. The van der Waals surface area contributed by atoms with E-state index in [1.165, 1.54) is 29.5 Å². The van der Waals surface area contributed by atoms with E-state index in [0.717, 1.165) is 21.0 Å². The molecule has 0 saturated carbocycles. The Bertz CT molecular complexity index is 1020. The largest absolute Gasteiger partial charge is 0.343 e. The molecule has 2 amide bonds. The molecule has 0 radical (unpaired) electrons. The summed E-state index contributed by atoms with van der Waals surface area (Å²) in [4.78, 5) is 29.1. The van der Waals surface area contributed by atoms with Crippen LogP contribution in [0.1, 0.15) is 26.4 Å². The molecule has 1 aromatic heterocycles. The van der Waals surface area contributed by atoms with Crippen molar-refractivity contribution in [3.8, 4) is 0 Å². The number of benzene rings is 2. The zero-order valence-corrected chi connectivity index (χ0v) is 16.5. The molecule has 0 aliphatic heterocycles. The number of carbonyl (C=O) groups excluding carboxylic acids is 2. The molecule has 0 aliphatic rings. The van der Waals surface area contributed by atoms with E-state index in [1.807, 2.05) is 25.1 Å². The highest BCUT2D eigenvalue weighted by atomic mass is 35.5. The van der Waals surface area contributed by atoms with Crippen molar-refractivity contribution >= 4 is 39.9 Å². The number of amides is 2. The first-order valence-electron chi connectivity index (χ1n) is 8.45. The van der Waals surface area contributed by atoms with Gasteiger partial charge in [0.15, 0.2) is 5.13 Å². The summed E-state index contributed by atoms with van der Waals surface area (Å²) in [6.45, 7) is 1.66. The van der Waals surface area contributed by atoms with Crippen LogP contribution in [-0.4, -0.2) is 23.3 Å². The molecule has 144 valence electrons. The molecule has 0 bridgehead atoms. The minimum absolute atomic E-state index is 0.109. The Morgan fingerprint density at radius 1 is 1.18 bits per heavy atom. The van der Waals surface area contributed by atoms with E-state index in [9.17, 15) is 14.0 Å². The standard InChI is InChI=1S/C20H17ClFN3O2S/c1-12-5-4-6-13(18(12)21)9-14-10-24-20(28-14)25-17(26)11-23-19(27)15-7-2-3-8-16(15)22/h2-8,10H,9,11H2,1H3,(H,23,27)(H,24,25,26). The molecule has 0 unspecified atom stereocenters. The number of thiazole rings is 1. The van der Waals surface area contributed by atoms with Crippen LogP contribution in [0.15, 0.2) is 48.7 Å². The van der Waals surface area contributed by atoms with Crippen molar-refractivity contribution in [2.24, 2.45) is 0 Å². The third-order valence-corrected chi connectivity index (χ3v) is 5.42. The average Bonchev–Trinajstić information content (AvgIpc) is 3.10. The SMILES string of the molecule is Cc1cccc(Cc2cnc(NC(=O)CNC(=O)c3ccccc3F)s2)c1Cl. The Labute approximate surface area is 170 Å². The number of halogens is 2. The minimum Gasteiger partial charge on any atom is -0.343 e. The third kappa shape index (κ3) is 4.94.